The van der Waals surface area contributed by atoms with Crippen molar-refractivity contribution in [2.24, 2.45) is 0 Å². The maximum absolute atomic E-state index is 12.4. The minimum Gasteiger partial charge on any atom is -0.497 e. The number of nitrogens with one attached hydrogen (secondary N) is 1. The minimum atomic E-state index is -0.719. The van der Waals surface area contributed by atoms with Gasteiger partial charge in [0.1, 0.15) is 22.6 Å². The average molecular weight is 325 g/mol. The second kappa shape index (κ2) is 6.45. The summed E-state index contributed by atoms with van der Waals surface area (Å²) < 4.78 is 15.5. The van der Waals surface area contributed by atoms with Crippen LogP contribution >= 0.6 is 0 Å². The molecule has 1 amide bonds. The topological polar surface area (TPSA) is 77.8 Å². The highest BCUT2D eigenvalue weighted by molar-refractivity contribution is 6.06. The summed E-state index contributed by atoms with van der Waals surface area (Å²) in [6, 6.07) is 13.5. The number of benzene rings is 2. The van der Waals surface area contributed by atoms with E-state index < -0.39 is 11.5 Å². The molecule has 0 spiro atoms. The van der Waals surface area contributed by atoms with Gasteiger partial charge >= 0.3 is 5.63 Å². The number of carbonyl (C=O) groups is 1. The Hall–Kier alpha value is -3.28. The molecule has 0 radical (unpaired) electrons. The van der Waals surface area contributed by atoms with Crippen LogP contribution in [0, 0.1) is 0 Å². The molecule has 0 aliphatic rings. The van der Waals surface area contributed by atoms with Crippen molar-refractivity contribution >= 4 is 22.6 Å². The van der Waals surface area contributed by atoms with Crippen molar-refractivity contribution in [3.63, 3.8) is 0 Å². The lowest BCUT2D eigenvalue weighted by Crippen LogP contribution is -2.20. The fourth-order valence-corrected chi connectivity index (χ4v) is 2.31. The summed E-state index contributed by atoms with van der Waals surface area (Å²) in [5.41, 5.74) is 0.0224. The third kappa shape index (κ3) is 2.94. The lowest BCUT2D eigenvalue weighted by molar-refractivity contribution is 0.102. The first-order valence-corrected chi connectivity index (χ1v) is 7.18. The second-order valence-corrected chi connectivity index (χ2v) is 5.01. The number of fused-ring (bicyclic) bond motifs is 1. The van der Waals surface area contributed by atoms with Crippen LogP contribution in [0.25, 0.3) is 11.0 Å². The van der Waals surface area contributed by atoms with Gasteiger partial charge in [-0.05, 0) is 30.3 Å². The summed E-state index contributed by atoms with van der Waals surface area (Å²) in [5.74, 6) is 0.503. The number of anilines is 1. The normalized spacial score (nSPS) is 10.4. The predicted octanol–water partition coefficient (Wildman–Crippen LogP) is 3.06. The highest BCUT2D eigenvalue weighted by Crippen LogP contribution is 2.24. The molecule has 3 aromatic rings. The fourth-order valence-electron chi connectivity index (χ4n) is 2.31. The molecule has 0 unspecified atom stereocenters. The van der Waals surface area contributed by atoms with Crippen molar-refractivity contribution in [1.82, 2.24) is 0 Å². The Labute approximate surface area is 137 Å². The first-order valence-electron chi connectivity index (χ1n) is 7.18. The summed E-state index contributed by atoms with van der Waals surface area (Å²) >= 11 is 0. The SMILES string of the molecule is COc1ccc2cc(C(=O)Nc3ccccc3OC)c(=O)oc2c1. The number of hydrogen-bond donors (Lipinski definition) is 1. The predicted molar refractivity (Wildman–Crippen MR) is 90.0 cm³/mol. The molecule has 6 nitrogen and oxygen atoms in total. The van der Waals surface area contributed by atoms with E-state index in [1.54, 1.807) is 42.5 Å². The van der Waals surface area contributed by atoms with Crippen LogP contribution in [0.3, 0.4) is 0 Å². The van der Waals surface area contributed by atoms with E-state index in [4.69, 9.17) is 13.9 Å². The van der Waals surface area contributed by atoms with E-state index in [0.29, 0.717) is 28.2 Å². The molecule has 0 atom stereocenters. The number of methoxy groups -OCH3 is 2. The van der Waals surface area contributed by atoms with E-state index in [2.05, 4.69) is 5.32 Å². The molecule has 0 aliphatic carbocycles. The third-order valence-corrected chi connectivity index (χ3v) is 3.54. The van der Waals surface area contributed by atoms with Gasteiger partial charge in [0.05, 0.1) is 19.9 Å². The molecule has 1 heterocycles. The number of para-hydroxylation sites is 2. The van der Waals surface area contributed by atoms with Crippen LogP contribution in [0.2, 0.25) is 0 Å². The van der Waals surface area contributed by atoms with Crippen LogP contribution in [0.4, 0.5) is 5.69 Å². The van der Waals surface area contributed by atoms with E-state index in [0.717, 1.165) is 0 Å². The molecule has 24 heavy (non-hydrogen) atoms. The molecule has 0 aliphatic heterocycles. The Bertz CT molecular complexity index is 961. The first kappa shape index (κ1) is 15.6. The van der Waals surface area contributed by atoms with Crippen LogP contribution in [-0.4, -0.2) is 20.1 Å². The Morgan fingerprint density at radius 1 is 1.04 bits per heavy atom. The number of hydrogen-bond acceptors (Lipinski definition) is 5. The number of amides is 1. The Morgan fingerprint density at radius 3 is 2.58 bits per heavy atom. The van der Waals surface area contributed by atoms with Gasteiger partial charge < -0.3 is 19.2 Å². The standard InChI is InChI=1S/C18H15NO5/c1-22-12-8-7-11-9-13(18(21)24-16(11)10-12)17(20)19-14-5-3-4-6-15(14)23-2/h3-10H,1-2H3,(H,19,20). The summed E-state index contributed by atoms with van der Waals surface area (Å²) in [7, 11) is 3.02. The summed E-state index contributed by atoms with van der Waals surface area (Å²) in [5, 5.41) is 3.28. The Morgan fingerprint density at radius 2 is 1.83 bits per heavy atom. The van der Waals surface area contributed by atoms with Crippen LogP contribution in [-0.2, 0) is 0 Å². The maximum atomic E-state index is 12.4. The average Bonchev–Trinajstić information content (AvgIpc) is 2.60. The van der Waals surface area contributed by atoms with Crippen LogP contribution in [0.1, 0.15) is 10.4 Å². The monoisotopic (exact) mass is 325 g/mol. The zero-order chi connectivity index (χ0) is 17.1. The van der Waals surface area contributed by atoms with Gasteiger partial charge in [-0.1, -0.05) is 12.1 Å². The van der Waals surface area contributed by atoms with Gasteiger partial charge in [-0.15, -0.1) is 0 Å². The number of rotatable bonds is 4. The highest BCUT2D eigenvalue weighted by atomic mass is 16.5. The second-order valence-electron chi connectivity index (χ2n) is 5.01. The summed E-state index contributed by atoms with van der Waals surface area (Å²) in [6.45, 7) is 0. The molecule has 6 heteroatoms. The molecule has 2 aromatic carbocycles. The van der Waals surface area contributed by atoms with Crippen LogP contribution in [0.15, 0.2) is 57.7 Å². The summed E-state index contributed by atoms with van der Waals surface area (Å²) in [6.07, 6.45) is 0. The molecule has 0 bridgehead atoms. The lowest BCUT2D eigenvalue weighted by Gasteiger charge is -2.09. The Balaban J connectivity index is 1.98. The lowest BCUT2D eigenvalue weighted by atomic mass is 10.1. The maximum Gasteiger partial charge on any atom is 0.349 e. The largest absolute Gasteiger partial charge is 0.497 e. The molecular formula is C18H15NO5. The van der Waals surface area contributed by atoms with Gasteiger partial charge in [0.2, 0.25) is 0 Å². The van der Waals surface area contributed by atoms with Crippen molar-refractivity contribution in [1.29, 1.82) is 0 Å². The van der Waals surface area contributed by atoms with E-state index >= 15 is 0 Å². The quantitative estimate of drug-likeness (QED) is 0.746. The van der Waals surface area contributed by atoms with Gasteiger partial charge in [0.25, 0.3) is 5.91 Å². The van der Waals surface area contributed by atoms with Crippen LogP contribution < -0.4 is 20.4 Å². The first-order chi connectivity index (χ1) is 11.6. The van der Waals surface area contributed by atoms with Gasteiger partial charge in [-0.2, -0.15) is 0 Å². The van der Waals surface area contributed by atoms with Gasteiger partial charge in [0, 0.05) is 11.5 Å². The van der Waals surface area contributed by atoms with Gasteiger partial charge in [-0.3, -0.25) is 4.79 Å². The van der Waals surface area contributed by atoms with Crippen LogP contribution in [0.5, 0.6) is 11.5 Å². The van der Waals surface area contributed by atoms with Gasteiger partial charge in [-0.25, -0.2) is 4.79 Å². The molecule has 3 rings (SSSR count). The zero-order valence-corrected chi connectivity index (χ0v) is 13.2. The molecule has 122 valence electrons. The van der Waals surface area contributed by atoms with E-state index in [1.165, 1.54) is 20.3 Å². The van der Waals surface area contributed by atoms with Crippen molar-refractivity contribution in [3.8, 4) is 11.5 Å². The van der Waals surface area contributed by atoms with Gasteiger partial charge in [0.15, 0.2) is 0 Å². The van der Waals surface area contributed by atoms with Crippen molar-refractivity contribution in [3.05, 3.63) is 64.5 Å². The van der Waals surface area contributed by atoms with Crippen molar-refractivity contribution in [2.45, 2.75) is 0 Å². The van der Waals surface area contributed by atoms with Crippen molar-refractivity contribution < 1.29 is 18.7 Å². The molecular weight excluding hydrogens is 310 g/mol. The summed E-state index contributed by atoms with van der Waals surface area (Å²) in [4.78, 5) is 24.5. The number of ether oxygens (including phenoxy) is 2. The molecule has 0 saturated carbocycles. The smallest absolute Gasteiger partial charge is 0.349 e. The fraction of sp³-hybridized carbons (Fsp3) is 0.111. The molecule has 0 saturated heterocycles. The minimum absolute atomic E-state index is 0.0847. The number of carbonyl (C=O) groups excluding carboxylic acids is 1. The van der Waals surface area contributed by atoms with E-state index in [1.807, 2.05) is 0 Å². The Kier molecular flexibility index (Phi) is 4.20. The molecule has 1 N–H and O–H groups in total. The van der Waals surface area contributed by atoms with E-state index in [9.17, 15) is 9.59 Å². The highest BCUT2D eigenvalue weighted by Gasteiger charge is 2.15. The van der Waals surface area contributed by atoms with Crippen molar-refractivity contribution in [2.75, 3.05) is 19.5 Å². The van der Waals surface area contributed by atoms with E-state index in [-0.39, 0.29) is 5.56 Å². The molecule has 1 aromatic heterocycles. The molecule has 0 fully saturated rings. The zero-order valence-electron chi connectivity index (χ0n) is 13.2. The third-order valence-electron chi connectivity index (χ3n) is 3.54.